The maximum absolute atomic E-state index is 4.92. The van der Waals surface area contributed by atoms with Gasteiger partial charge in [-0.15, -0.1) is 0 Å². The maximum Gasteiger partial charge on any atom is 0.159 e. The molecule has 1 aliphatic carbocycles. The lowest BCUT2D eigenvalue weighted by Gasteiger charge is -2.15. The number of hydrogen-bond donors (Lipinski definition) is 0. The number of allylic oxidation sites excluding steroid dienone is 1. The van der Waals surface area contributed by atoms with Gasteiger partial charge in [0.25, 0.3) is 0 Å². The standard InChI is InChI=1S/C36H26N2/c1-3-11-31-25(7-1)9-5-13-33(31)27-15-19-29(20-16-27)35-23-24-37-36(38-35)30-21-17-28(18-22-30)34-14-6-10-26-8-2-4-12-32(26)34/h2-6,8-24H,1,7H2. The molecule has 180 valence electrons. The Bertz CT molecular complexity index is 1790. The summed E-state index contributed by atoms with van der Waals surface area (Å²) in [6.07, 6.45) is 8.63. The summed E-state index contributed by atoms with van der Waals surface area (Å²) < 4.78 is 0. The van der Waals surface area contributed by atoms with Crippen LogP contribution in [0.2, 0.25) is 0 Å². The summed E-state index contributed by atoms with van der Waals surface area (Å²) in [5.74, 6) is 0.735. The molecule has 1 aromatic heterocycles. The van der Waals surface area contributed by atoms with Gasteiger partial charge in [-0.3, -0.25) is 0 Å². The van der Waals surface area contributed by atoms with Crippen LogP contribution in [0.4, 0.5) is 0 Å². The highest BCUT2D eigenvalue weighted by Gasteiger charge is 2.12. The molecule has 0 amide bonds. The number of benzene rings is 5. The van der Waals surface area contributed by atoms with Gasteiger partial charge < -0.3 is 0 Å². The SMILES string of the molecule is C1=Cc2c(cccc2-c2ccc(-c3ccnc(-c4ccc(-c5cccc6ccccc56)cc4)n3)cc2)CC1. The molecule has 0 spiro atoms. The van der Waals surface area contributed by atoms with Crippen LogP contribution >= 0.6 is 0 Å². The minimum atomic E-state index is 0.735. The lowest BCUT2D eigenvalue weighted by atomic mass is 9.90. The van der Waals surface area contributed by atoms with Gasteiger partial charge in [0.1, 0.15) is 0 Å². The van der Waals surface area contributed by atoms with Gasteiger partial charge in [-0.1, -0.05) is 121 Å². The van der Waals surface area contributed by atoms with Crippen molar-refractivity contribution < 1.29 is 0 Å². The van der Waals surface area contributed by atoms with Crippen molar-refractivity contribution in [3.63, 3.8) is 0 Å². The Morgan fingerprint density at radius 1 is 0.553 bits per heavy atom. The van der Waals surface area contributed by atoms with Gasteiger partial charge in [0, 0.05) is 17.3 Å². The molecule has 0 unspecified atom stereocenters. The van der Waals surface area contributed by atoms with E-state index in [9.17, 15) is 0 Å². The first-order valence-electron chi connectivity index (χ1n) is 13.1. The molecule has 1 aliphatic rings. The largest absolute Gasteiger partial charge is 0.237 e. The summed E-state index contributed by atoms with van der Waals surface area (Å²) in [4.78, 5) is 9.50. The van der Waals surface area contributed by atoms with E-state index in [1.807, 2.05) is 12.3 Å². The second-order valence-electron chi connectivity index (χ2n) is 9.77. The van der Waals surface area contributed by atoms with Gasteiger partial charge in [-0.05, 0) is 63.1 Å². The third kappa shape index (κ3) is 4.10. The number of hydrogen-bond acceptors (Lipinski definition) is 2. The van der Waals surface area contributed by atoms with Crippen LogP contribution in [0, 0.1) is 0 Å². The van der Waals surface area contributed by atoms with Gasteiger partial charge in [0.15, 0.2) is 5.82 Å². The van der Waals surface area contributed by atoms with E-state index >= 15 is 0 Å². The molecule has 0 saturated heterocycles. The van der Waals surface area contributed by atoms with Crippen molar-refractivity contribution >= 4 is 16.8 Å². The molecule has 7 rings (SSSR count). The van der Waals surface area contributed by atoms with Crippen LogP contribution in [0.5, 0.6) is 0 Å². The van der Waals surface area contributed by atoms with E-state index in [4.69, 9.17) is 4.98 Å². The van der Waals surface area contributed by atoms with E-state index in [1.165, 1.54) is 44.2 Å². The fourth-order valence-corrected chi connectivity index (χ4v) is 5.47. The fourth-order valence-electron chi connectivity index (χ4n) is 5.47. The zero-order chi connectivity index (χ0) is 25.3. The third-order valence-corrected chi connectivity index (χ3v) is 7.45. The molecule has 0 bridgehead atoms. The lowest BCUT2D eigenvalue weighted by molar-refractivity contribution is 0.986. The van der Waals surface area contributed by atoms with Crippen LogP contribution in [0.3, 0.4) is 0 Å². The van der Waals surface area contributed by atoms with Crippen molar-refractivity contribution in [2.45, 2.75) is 12.8 Å². The highest BCUT2D eigenvalue weighted by Crippen LogP contribution is 2.33. The molecule has 1 heterocycles. The number of rotatable bonds is 4. The number of nitrogens with zero attached hydrogens (tertiary/aromatic N) is 2. The zero-order valence-corrected chi connectivity index (χ0v) is 21.0. The Hall–Kier alpha value is -4.82. The van der Waals surface area contributed by atoms with Crippen molar-refractivity contribution in [2.75, 3.05) is 0 Å². The average molecular weight is 487 g/mol. The van der Waals surface area contributed by atoms with E-state index in [0.717, 1.165) is 35.5 Å². The average Bonchev–Trinajstić information content (AvgIpc) is 3.01. The maximum atomic E-state index is 4.92. The predicted molar refractivity (Wildman–Crippen MR) is 159 cm³/mol. The van der Waals surface area contributed by atoms with Gasteiger partial charge in [-0.2, -0.15) is 0 Å². The Labute approximate surface area is 223 Å². The third-order valence-electron chi connectivity index (χ3n) is 7.45. The molecule has 2 nitrogen and oxygen atoms in total. The molecule has 0 radical (unpaired) electrons. The van der Waals surface area contributed by atoms with E-state index in [-0.39, 0.29) is 0 Å². The monoisotopic (exact) mass is 486 g/mol. The highest BCUT2D eigenvalue weighted by molar-refractivity contribution is 5.96. The van der Waals surface area contributed by atoms with Gasteiger partial charge in [-0.25, -0.2) is 9.97 Å². The second kappa shape index (κ2) is 9.57. The lowest BCUT2D eigenvalue weighted by Crippen LogP contribution is -1.96. The van der Waals surface area contributed by atoms with E-state index in [2.05, 4.69) is 126 Å². The number of aromatic nitrogens is 2. The smallest absolute Gasteiger partial charge is 0.159 e. The summed E-state index contributed by atoms with van der Waals surface area (Å²) in [5.41, 5.74) is 10.8. The Kier molecular flexibility index (Phi) is 5.64. The van der Waals surface area contributed by atoms with Crippen LogP contribution in [0.1, 0.15) is 17.5 Å². The minimum absolute atomic E-state index is 0.735. The molecule has 38 heavy (non-hydrogen) atoms. The summed E-state index contributed by atoms with van der Waals surface area (Å²) in [6.45, 7) is 0. The van der Waals surface area contributed by atoms with Crippen molar-refractivity contribution in [3.8, 4) is 44.9 Å². The normalized spacial score (nSPS) is 12.4. The van der Waals surface area contributed by atoms with Crippen molar-refractivity contribution in [1.82, 2.24) is 9.97 Å². The number of fused-ring (bicyclic) bond motifs is 2. The first-order valence-corrected chi connectivity index (χ1v) is 13.1. The van der Waals surface area contributed by atoms with Crippen LogP contribution < -0.4 is 0 Å². The quantitative estimate of drug-likeness (QED) is 0.248. The molecule has 0 N–H and O–H groups in total. The van der Waals surface area contributed by atoms with Gasteiger partial charge in [0.2, 0.25) is 0 Å². The second-order valence-corrected chi connectivity index (χ2v) is 9.77. The molecule has 0 saturated carbocycles. The highest BCUT2D eigenvalue weighted by atomic mass is 14.9. The molecule has 0 aliphatic heterocycles. The van der Waals surface area contributed by atoms with Gasteiger partial charge in [0.05, 0.1) is 5.69 Å². The van der Waals surface area contributed by atoms with E-state index in [0.29, 0.717) is 0 Å². The molecule has 6 aromatic rings. The first-order chi connectivity index (χ1) is 18.8. The van der Waals surface area contributed by atoms with E-state index in [1.54, 1.807) is 0 Å². The Morgan fingerprint density at radius 3 is 2.11 bits per heavy atom. The summed E-state index contributed by atoms with van der Waals surface area (Å²) >= 11 is 0. The number of aryl methyl sites for hydroxylation is 1. The van der Waals surface area contributed by atoms with Gasteiger partial charge >= 0.3 is 0 Å². The molecule has 2 heteroatoms. The molecule has 5 aromatic carbocycles. The van der Waals surface area contributed by atoms with Crippen LogP contribution in [-0.2, 0) is 6.42 Å². The van der Waals surface area contributed by atoms with Crippen LogP contribution in [0.15, 0.2) is 128 Å². The van der Waals surface area contributed by atoms with Crippen molar-refractivity contribution in [2.24, 2.45) is 0 Å². The fraction of sp³-hybridized carbons (Fsp3) is 0.0556. The molecular weight excluding hydrogens is 460 g/mol. The molecular formula is C36H26N2. The molecule has 0 fully saturated rings. The Balaban J connectivity index is 1.18. The van der Waals surface area contributed by atoms with Crippen molar-refractivity contribution in [1.29, 1.82) is 0 Å². The van der Waals surface area contributed by atoms with Crippen LogP contribution in [-0.4, -0.2) is 9.97 Å². The van der Waals surface area contributed by atoms with Crippen LogP contribution in [0.25, 0.3) is 61.7 Å². The predicted octanol–water partition coefficient (Wildman–Crippen LogP) is 9.26. The van der Waals surface area contributed by atoms with Crippen molar-refractivity contribution in [3.05, 3.63) is 139 Å². The molecule has 0 atom stereocenters. The summed E-state index contributed by atoms with van der Waals surface area (Å²) in [7, 11) is 0. The van der Waals surface area contributed by atoms with E-state index < -0.39 is 0 Å². The topological polar surface area (TPSA) is 25.8 Å². The first kappa shape index (κ1) is 22.4. The zero-order valence-electron chi connectivity index (χ0n) is 21.0. The minimum Gasteiger partial charge on any atom is -0.237 e. The Morgan fingerprint density at radius 2 is 1.24 bits per heavy atom. The summed E-state index contributed by atoms with van der Waals surface area (Å²) in [6, 6.07) is 40.9. The summed E-state index contributed by atoms with van der Waals surface area (Å²) in [5, 5.41) is 2.51.